The number of nitrogens with zero attached hydrogens (tertiary/aromatic N) is 3. The van der Waals surface area contributed by atoms with Gasteiger partial charge in [0.25, 0.3) is 0 Å². The van der Waals surface area contributed by atoms with Crippen LogP contribution in [0, 0.1) is 0 Å². The first-order valence-corrected chi connectivity index (χ1v) is 5.07. The lowest BCUT2D eigenvalue weighted by molar-refractivity contribution is 0.0840. The van der Waals surface area contributed by atoms with Crippen molar-refractivity contribution in [3.05, 3.63) is 29.6 Å². The Morgan fingerprint density at radius 3 is 3.12 bits per heavy atom. The van der Waals surface area contributed by atoms with Crippen molar-refractivity contribution < 1.29 is 9.53 Å². The molecule has 3 rings (SSSR count). The second-order valence-electron chi connectivity index (χ2n) is 3.73. The van der Waals surface area contributed by atoms with E-state index in [1.807, 2.05) is 0 Å². The minimum Gasteiger partial charge on any atom is -0.479 e. The van der Waals surface area contributed by atoms with Gasteiger partial charge in [0.1, 0.15) is 0 Å². The van der Waals surface area contributed by atoms with Gasteiger partial charge >= 0.3 is 0 Å². The summed E-state index contributed by atoms with van der Waals surface area (Å²) in [6, 6.07) is 5.11. The smallest absolute Gasteiger partial charge is 0.215 e. The lowest BCUT2D eigenvalue weighted by Crippen LogP contribution is -2.22. The van der Waals surface area contributed by atoms with Gasteiger partial charge in [-0.2, -0.15) is 5.21 Å². The highest BCUT2D eigenvalue weighted by Gasteiger charge is 2.31. The Morgan fingerprint density at radius 1 is 1.47 bits per heavy atom. The van der Waals surface area contributed by atoms with Gasteiger partial charge in [0.2, 0.25) is 5.82 Å². The van der Waals surface area contributed by atoms with Crippen LogP contribution in [0.2, 0.25) is 0 Å². The molecule has 0 fully saturated rings. The molecule has 0 saturated heterocycles. The number of hydrogen-bond donors (Lipinski definition) is 2. The molecule has 1 aliphatic rings. The van der Waals surface area contributed by atoms with Crippen molar-refractivity contribution >= 4 is 11.5 Å². The minimum atomic E-state index is -0.529. The molecular formula is C10H9N5O2. The van der Waals surface area contributed by atoms with E-state index in [4.69, 9.17) is 10.5 Å². The highest BCUT2D eigenvalue weighted by Crippen LogP contribution is 2.37. The summed E-state index contributed by atoms with van der Waals surface area (Å²) in [4.78, 5) is 11.9. The van der Waals surface area contributed by atoms with Crippen LogP contribution in [0.15, 0.2) is 18.2 Å². The highest BCUT2D eigenvalue weighted by atomic mass is 16.5. The molecule has 2 heterocycles. The van der Waals surface area contributed by atoms with Crippen LogP contribution in [0.5, 0.6) is 5.75 Å². The summed E-state index contributed by atoms with van der Waals surface area (Å²) in [5.41, 5.74) is 6.72. The molecule has 7 nitrogen and oxygen atoms in total. The molecule has 0 aliphatic carbocycles. The Labute approximate surface area is 96.0 Å². The fourth-order valence-electron chi connectivity index (χ4n) is 1.82. The van der Waals surface area contributed by atoms with Crippen molar-refractivity contribution in [2.45, 2.75) is 12.5 Å². The molecule has 7 heteroatoms. The number of tetrazole rings is 1. The topological polar surface area (TPSA) is 107 Å². The van der Waals surface area contributed by atoms with E-state index in [0.29, 0.717) is 22.8 Å². The molecule has 1 aromatic carbocycles. The Bertz CT molecular complexity index is 566. The number of nitrogens with two attached hydrogens (primary N) is 1. The minimum absolute atomic E-state index is 0.0339. The molecule has 1 atom stereocenters. The molecule has 1 aromatic heterocycles. The standard InChI is InChI=1S/C10H9N5O2/c11-6-3-1-2-5-7(16)4-8(17-9(5)6)10-12-14-15-13-10/h1-3,8H,4,11H2,(H,12,13,14,15). The number of nitrogen functional groups attached to an aromatic ring is 1. The zero-order valence-corrected chi connectivity index (χ0v) is 8.75. The van der Waals surface area contributed by atoms with Crippen molar-refractivity contribution in [1.82, 2.24) is 20.6 Å². The maximum atomic E-state index is 11.9. The van der Waals surface area contributed by atoms with Crippen LogP contribution in [0.25, 0.3) is 0 Å². The molecule has 17 heavy (non-hydrogen) atoms. The summed E-state index contributed by atoms with van der Waals surface area (Å²) in [5, 5.41) is 13.4. The zero-order chi connectivity index (χ0) is 11.8. The number of ketones is 1. The van der Waals surface area contributed by atoms with Gasteiger partial charge in [0.05, 0.1) is 17.7 Å². The number of carbonyl (C=O) groups excluding carboxylic acids is 1. The Morgan fingerprint density at radius 2 is 2.35 bits per heavy atom. The summed E-state index contributed by atoms with van der Waals surface area (Å²) in [6.45, 7) is 0. The molecule has 1 unspecified atom stereocenters. The van der Waals surface area contributed by atoms with Gasteiger partial charge < -0.3 is 10.5 Å². The van der Waals surface area contributed by atoms with E-state index in [-0.39, 0.29) is 12.2 Å². The number of aromatic nitrogens is 4. The lowest BCUT2D eigenvalue weighted by atomic mass is 9.99. The van der Waals surface area contributed by atoms with E-state index in [1.54, 1.807) is 18.2 Å². The largest absolute Gasteiger partial charge is 0.479 e. The second-order valence-corrected chi connectivity index (χ2v) is 3.73. The van der Waals surface area contributed by atoms with Gasteiger partial charge in [0.15, 0.2) is 17.6 Å². The molecule has 86 valence electrons. The third kappa shape index (κ3) is 1.52. The molecule has 0 radical (unpaired) electrons. The average molecular weight is 231 g/mol. The van der Waals surface area contributed by atoms with Crippen LogP contribution in [-0.4, -0.2) is 26.4 Å². The predicted molar refractivity (Wildman–Crippen MR) is 57.3 cm³/mol. The quantitative estimate of drug-likeness (QED) is 0.691. The summed E-state index contributed by atoms with van der Waals surface area (Å²) in [7, 11) is 0. The van der Waals surface area contributed by atoms with Gasteiger partial charge in [-0.05, 0) is 12.1 Å². The first-order valence-electron chi connectivity index (χ1n) is 5.07. The molecule has 0 saturated carbocycles. The third-order valence-electron chi connectivity index (χ3n) is 2.63. The van der Waals surface area contributed by atoms with Crippen molar-refractivity contribution in [3.8, 4) is 5.75 Å². The Hall–Kier alpha value is -2.44. The van der Waals surface area contributed by atoms with Crippen LogP contribution in [0.4, 0.5) is 5.69 Å². The van der Waals surface area contributed by atoms with E-state index in [9.17, 15) is 4.79 Å². The van der Waals surface area contributed by atoms with Crippen LogP contribution in [0.1, 0.15) is 28.7 Å². The number of fused-ring (bicyclic) bond motifs is 1. The summed E-state index contributed by atoms with van der Waals surface area (Å²) in [6.07, 6.45) is -0.339. The van der Waals surface area contributed by atoms with Gasteiger partial charge in [-0.3, -0.25) is 4.79 Å². The fourth-order valence-corrected chi connectivity index (χ4v) is 1.82. The monoisotopic (exact) mass is 231 g/mol. The molecule has 3 N–H and O–H groups in total. The van der Waals surface area contributed by atoms with Crippen LogP contribution in [-0.2, 0) is 0 Å². The zero-order valence-electron chi connectivity index (χ0n) is 8.75. The van der Waals surface area contributed by atoms with Gasteiger partial charge in [-0.15, -0.1) is 10.2 Å². The van der Waals surface area contributed by atoms with Crippen molar-refractivity contribution in [3.63, 3.8) is 0 Å². The first kappa shape index (κ1) is 9.76. The maximum Gasteiger partial charge on any atom is 0.215 e. The van der Waals surface area contributed by atoms with Crippen LogP contribution < -0.4 is 10.5 Å². The van der Waals surface area contributed by atoms with Gasteiger partial charge in [0, 0.05) is 0 Å². The summed E-state index contributed by atoms with van der Waals surface area (Å²) < 4.78 is 5.65. The average Bonchev–Trinajstić information content (AvgIpc) is 2.84. The van der Waals surface area contributed by atoms with Crippen molar-refractivity contribution in [2.75, 3.05) is 5.73 Å². The number of aromatic amines is 1. The number of para-hydroxylation sites is 1. The number of carbonyl (C=O) groups is 1. The molecule has 2 aromatic rings. The molecular weight excluding hydrogens is 222 g/mol. The first-order chi connectivity index (χ1) is 8.25. The summed E-state index contributed by atoms with van der Waals surface area (Å²) in [5.74, 6) is 0.721. The van der Waals surface area contributed by atoms with E-state index in [2.05, 4.69) is 20.6 Å². The van der Waals surface area contributed by atoms with E-state index < -0.39 is 6.10 Å². The Kier molecular flexibility index (Phi) is 2.04. The number of anilines is 1. The number of nitrogens with one attached hydrogen (secondary N) is 1. The number of H-pyrrole nitrogens is 1. The molecule has 0 spiro atoms. The van der Waals surface area contributed by atoms with Crippen LogP contribution >= 0.6 is 0 Å². The highest BCUT2D eigenvalue weighted by molar-refractivity contribution is 6.01. The second kappa shape index (κ2) is 3.55. The SMILES string of the molecule is Nc1cccc2c1OC(c1nn[nH]n1)CC2=O. The molecule has 0 bridgehead atoms. The normalized spacial score (nSPS) is 18.6. The van der Waals surface area contributed by atoms with E-state index in [1.165, 1.54) is 0 Å². The van der Waals surface area contributed by atoms with Gasteiger partial charge in [-0.25, -0.2) is 0 Å². The maximum absolute atomic E-state index is 11.9. The van der Waals surface area contributed by atoms with Crippen LogP contribution in [0.3, 0.4) is 0 Å². The molecule has 1 aliphatic heterocycles. The number of hydrogen-bond acceptors (Lipinski definition) is 6. The van der Waals surface area contributed by atoms with Crippen molar-refractivity contribution in [2.24, 2.45) is 0 Å². The van der Waals surface area contributed by atoms with Crippen molar-refractivity contribution in [1.29, 1.82) is 0 Å². The Balaban J connectivity index is 2.03. The number of ether oxygens (including phenoxy) is 1. The number of benzene rings is 1. The van der Waals surface area contributed by atoms with E-state index >= 15 is 0 Å². The van der Waals surface area contributed by atoms with E-state index in [0.717, 1.165) is 0 Å². The number of Topliss-reactive ketones (excluding diaryl/α,β-unsaturated/α-hetero) is 1. The predicted octanol–water partition coefficient (Wildman–Crippen LogP) is 0.488. The molecule has 0 amide bonds. The summed E-state index contributed by atoms with van der Waals surface area (Å²) >= 11 is 0. The number of rotatable bonds is 1. The third-order valence-corrected chi connectivity index (χ3v) is 2.63. The van der Waals surface area contributed by atoms with Gasteiger partial charge in [-0.1, -0.05) is 11.3 Å². The lowest BCUT2D eigenvalue weighted by Gasteiger charge is -2.23. The fraction of sp³-hybridized carbons (Fsp3) is 0.200.